The zero-order valence-electron chi connectivity index (χ0n) is 13.4. The lowest BCUT2D eigenvalue weighted by atomic mass is 9.99. The van der Waals surface area contributed by atoms with Crippen LogP contribution in [0.5, 0.6) is 0 Å². The molecule has 118 valence electrons. The van der Waals surface area contributed by atoms with Crippen LogP contribution in [0.4, 0.5) is 0 Å². The van der Waals surface area contributed by atoms with Gasteiger partial charge in [-0.05, 0) is 70.0 Å². The first-order valence-corrected chi connectivity index (χ1v) is 8.86. The fourth-order valence-electron chi connectivity index (χ4n) is 2.59. The predicted molar refractivity (Wildman–Crippen MR) is 109 cm³/mol. The topological polar surface area (TPSA) is 17.1 Å². The highest BCUT2D eigenvalue weighted by Gasteiger charge is 2.05. The Morgan fingerprint density at radius 3 is 2.25 bits per heavy atom. The lowest BCUT2D eigenvalue weighted by Gasteiger charge is -2.06. The Kier molecular flexibility index (Phi) is 5.26. The Morgan fingerprint density at radius 2 is 1.54 bits per heavy atom. The summed E-state index contributed by atoms with van der Waals surface area (Å²) in [6.45, 7) is 2.11. The number of hydrogen-bond donors (Lipinski definition) is 0. The third kappa shape index (κ3) is 3.82. The number of hydrogen-bond acceptors (Lipinski definition) is 1. The summed E-state index contributed by atoms with van der Waals surface area (Å²) in [4.78, 5) is 12.3. The van der Waals surface area contributed by atoms with Crippen molar-refractivity contribution < 1.29 is 4.79 Å². The van der Waals surface area contributed by atoms with Gasteiger partial charge in [0, 0.05) is 9.13 Å². The summed E-state index contributed by atoms with van der Waals surface area (Å²) < 4.78 is 0.972. The molecule has 3 aromatic rings. The third-order valence-corrected chi connectivity index (χ3v) is 4.87. The molecule has 0 saturated heterocycles. The van der Waals surface area contributed by atoms with E-state index in [1.165, 1.54) is 16.7 Å². The number of carbonyl (C=O) groups excluding carboxylic acids is 1. The Morgan fingerprint density at radius 1 is 0.875 bits per heavy atom. The molecule has 2 heteroatoms. The van der Waals surface area contributed by atoms with Crippen LogP contribution in [-0.4, -0.2) is 5.78 Å². The van der Waals surface area contributed by atoms with E-state index in [1.807, 2.05) is 48.5 Å². The molecule has 0 aliphatic rings. The molecule has 0 fully saturated rings. The second-order valence-corrected chi connectivity index (χ2v) is 6.78. The van der Waals surface area contributed by atoms with Gasteiger partial charge in [-0.3, -0.25) is 4.79 Å². The molecule has 1 nitrogen and oxygen atoms in total. The van der Waals surface area contributed by atoms with Crippen LogP contribution in [0.15, 0.2) is 78.9 Å². The Labute approximate surface area is 156 Å². The minimum atomic E-state index is 0.0305. The van der Waals surface area contributed by atoms with Crippen LogP contribution in [-0.2, 0) is 0 Å². The van der Waals surface area contributed by atoms with E-state index in [2.05, 4.69) is 59.8 Å². The van der Waals surface area contributed by atoms with Crippen molar-refractivity contribution in [2.75, 3.05) is 0 Å². The number of allylic oxidation sites excluding steroid dienone is 1. The molecule has 24 heavy (non-hydrogen) atoms. The standard InChI is InChI=1S/C22H17IO/c1-16-6-2-3-7-19(16)18-13-10-17(11-14-18)12-15-22(24)20-8-4-5-9-21(20)23/h2-15H,1H3/b15-12+. The number of benzene rings is 3. The number of ketones is 1. The first kappa shape index (κ1) is 16.7. The van der Waals surface area contributed by atoms with Crippen molar-refractivity contribution in [3.05, 3.63) is 99.1 Å². The molecule has 0 spiro atoms. The number of carbonyl (C=O) groups is 1. The molecular weight excluding hydrogens is 407 g/mol. The smallest absolute Gasteiger partial charge is 0.186 e. The van der Waals surface area contributed by atoms with Crippen LogP contribution in [0.1, 0.15) is 21.5 Å². The van der Waals surface area contributed by atoms with Gasteiger partial charge in [0.15, 0.2) is 5.78 Å². The fraction of sp³-hybridized carbons (Fsp3) is 0.0455. The van der Waals surface area contributed by atoms with Crippen molar-refractivity contribution in [2.45, 2.75) is 6.92 Å². The number of aryl methyl sites for hydroxylation is 1. The summed E-state index contributed by atoms with van der Waals surface area (Å²) in [5.41, 5.74) is 5.45. The minimum absolute atomic E-state index is 0.0305. The molecule has 0 N–H and O–H groups in total. The molecule has 0 bridgehead atoms. The minimum Gasteiger partial charge on any atom is -0.289 e. The first-order chi connectivity index (χ1) is 11.6. The zero-order valence-corrected chi connectivity index (χ0v) is 15.5. The van der Waals surface area contributed by atoms with Crippen LogP contribution in [0, 0.1) is 10.5 Å². The van der Waals surface area contributed by atoms with Gasteiger partial charge in [-0.1, -0.05) is 66.7 Å². The van der Waals surface area contributed by atoms with Gasteiger partial charge >= 0.3 is 0 Å². The van der Waals surface area contributed by atoms with Crippen molar-refractivity contribution in [2.24, 2.45) is 0 Å². The van der Waals surface area contributed by atoms with Gasteiger partial charge in [-0.25, -0.2) is 0 Å². The van der Waals surface area contributed by atoms with Gasteiger partial charge in [-0.15, -0.1) is 0 Å². The summed E-state index contributed by atoms with van der Waals surface area (Å²) in [7, 11) is 0. The lowest BCUT2D eigenvalue weighted by Crippen LogP contribution is -1.96. The molecule has 0 atom stereocenters. The van der Waals surface area contributed by atoms with Crippen LogP contribution in [0.3, 0.4) is 0 Å². The summed E-state index contributed by atoms with van der Waals surface area (Å²) in [5.74, 6) is 0.0305. The van der Waals surface area contributed by atoms with Gasteiger partial charge in [0.05, 0.1) is 0 Å². The van der Waals surface area contributed by atoms with E-state index in [9.17, 15) is 4.79 Å². The summed E-state index contributed by atoms with van der Waals surface area (Å²) in [6.07, 6.45) is 3.51. The van der Waals surface area contributed by atoms with E-state index in [-0.39, 0.29) is 5.78 Å². The Hall–Kier alpha value is -2.20. The van der Waals surface area contributed by atoms with E-state index >= 15 is 0 Å². The van der Waals surface area contributed by atoms with E-state index < -0.39 is 0 Å². The molecular formula is C22H17IO. The van der Waals surface area contributed by atoms with E-state index in [0.717, 1.165) is 14.7 Å². The molecule has 0 amide bonds. The van der Waals surface area contributed by atoms with Gasteiger partial charge in [-0.2, -0.15) is 0 Å². The fourth-order valence-corrected chi connectivity index (χ4v) is 3.25. The van der Waals surface area contributed by atoms with E-state index in [1.54, 1.807) is 6.08 Å². The molecule has 3 aromatic carbocycles. The molecule has 0 heterocycles. The third-order valence-electron chi connectivity index (χ3n) is 3.93. The number of rotatable bonds is 4. The van der Waals surface area contributed by atoms with Crippen LogP contribution in [0.25, 0.3) is 17.2 Å². The molecule has 0 aliphatic carbocycles. The van der Waals surface area contributed by atoms with Crippen molar-refractivity contribution in [3.63, 3.8) is 0 Å². The maximum absolute atomic E-state index is 12.3. The highest BCUT2D eigenvalue weighted by Crippen LogP contribution is 2.23. The van der Waals surface area contributed by atoms with Gasteiger partial charge in [0.1, 0.15) is 0 Å². The van der Waals surface area contributed by atoms with Crippen molar-refractivity contribution in [1.82, 2.24) is 0 Å². The van der Waals surface area contributed by atoms with Gasteiger partial charge in [0.2, 0.25) is 0 Å². The zero-order chi connectivity index (χ0) is 16.9. The van der Waals surface area contributed by atoms with Crippen LogP contribution >= 0.6 is 22.6 Å². The maximum atomic E-state index is 12.3. The highest BCUT2D eigenvalue weighted by molar-refractivity contribution is 14.1. The van der Waals surface area contributed by atoms with Crippen molar-refractivity contribution in [3.8, 4) is 11.1 Å². The van der Waals surface area contributed by atoms with Crippen LogP contribution in [0.2, 0.25) is 0 Å². The SMILES string of the molecule is Cc1ccccc1-c1ccc(/C=C/C(=O)c2ccccc2I)cc1. The molecule has 0 radical (unpaired) electrons. The second kappa shape index (κ2) is 7.58. The largest absolute Gasteiger partial charge is 0.289 e. The predicted octanol–water partition coefficient (Wildman–Crippen LogP) is 6.16. The lowest BCUT2D eigenvalue weighted by molar-refractivity contribution is 0.104. The van der Waals surface area contributed by atoms with Gasteiger partial charge in [0.25, 0.3) is 0 Å². The summed E-state index contributed by atoms with van der Waals surface area (Å²) in [5, 5.41) is 0. The van der Waals surface area contributed by atoms with Gasteiger partial charge < -0.3 is 0 Å². The summed E-state index contributed by atoms with van der Waals surface area (Å²) >= 11 is 2.19. The summed E-state index contributed by atoms with van der Waals surface area (Å²) in [6, 6.07) is 24.2. The number of halogens is 1. The first-order valence-electron chi connectivity index (χ1n) is 7.78. The molecule has 0 saturated carbocycles. The molecule has 0 aromatic heterocycles. The molecule has 0 aliphatic heterocycles. The average Bonchev–Trinajstić information content (AvgIpc) is 2.61. The monoisotopic (exact) mass is 424 g/mol. The van der Waals surface area contributed by atoms with Crippen molar-refractivity contribution in [1.29, 1.82) is 0 Å². The molecule has 0 unspecified atom stereocenters. The normalized spacial score (nSPS) is 10.9. The maximum Gasteiger partial charge on any atom is 0.186 e. The van der Waals surface area contributed by atoms with E-state index in [0.29, 0.717) is 0 Å². The highest BCUT2D eigenvalue weighted by atomic mass is 127. The van der Waals surface area contributed by atoms with Crippen molar-refractivity contribution >= 4 is 34.5 Å². The molecule has 3 rings (SSSR count). The van der Waals surface area contributed by atoms with E-state index in [4.69, 9.17) is 0 Å². The Bertz CT molecular complexity index is 892. The second-order valence-electron chi connectivity index (χ2n) is 5.61. The van der Waals surface area contributed by atoms with Crippen LogP contribution < -0.4 is 0 Å². The average molecular weight is 424 g/mol. The quantitative estimate of drug-likeness (QED) is 0.278. The Balaban J connectivity index is 1.78.